The van der Waals surface area contributed by atoms with Gasteiger partial charge in [0.25, 0.3) is 6.43 Å². The van der Waals surface area contributed by atoms with Crippen LogP contribution < -0.4 is 10.2 Å². The third-order valence-electron chi connectivity index (χ3n) is 5.86. The molecule has 0 spiro atoms. The molecular weight excluding hydrogens is 438 g/mol. The molecule has 6 nitrogen and oxygen atoms in total. The molecule has 3 heterocycles. The van der Waals surface area contributed by atoms with Crippen LogP contribution in [-0.4, -0.2) is 47.0 Å². The largest absolute Gasteiger partial charge is 0.375 e. The van der Waals surface area contributed by atoms with Gasteiger partial charge in [0.15, 0.2) is 5.82 Å². The van der Waals surface area contributed by atoms with Crippen molar-refractivity contribution in [2.24, 2.45) is 0 Å². The highest BCUT2D eigenvalue weighted by Crippen LogP contribution is 2.33. The lowest BCUT2D eigenvalue weighted by Crippen LogP contribution is -2.48. The smallest absolute Gasteiger partial charge is 0.266 e. The minimum Gasteiger partial charge on any atom is -0.375 e. The number of alkyl halides is 2. The van der Waals surface area contributed by atoms with Crippen LogP contribution in [0.1, 0.15) is 37.4 Å². The van der Waals surface area contributed by atoms with Gasteiger partial charge in [-0.15, -0.1) is 0 Å². The number of nitrogens with one attached hydrogen (secondary N) is 1. The summed E-state index contributed by atoms with van der Waals surface area (Å²) in [6.07, 6.45) is -0.390. The fourth-order valence-electron chi connectivity index (χ4n) is 4.00. The number of nitrogens with zero attached hydrogens (tertiary/aromatic N) is 4. The van der Waals surface area contributed by atoms with Crippen molar-refractivity contribution >= 4 is 28.3 Å². The molecule has 1 aliphatic rings. The normalized spacial score (nSPS) is 15.2. The first-order chi connectivity index (χ1) is 15.8. The molecule has 174 valence electrons. The number of piperazine rings is 1. The van der Waals surface area contributed by atoms with Gasteiger partial charge in [0, 0.05) is 44.1 Å². The van der Waals surface area contributed by atoms with E-state index < -0.39 is 29.7 Å². The predicted octanol–water partition coefficient (Wildman–Crippen LogP) is 4.69. The molecule has 10 heteroatoms. The Labute approximate surface area is 188 Å². The Morgan fingerprint density at radius 2 is 1.76 bits per heavy atom. The summed E-state index contributed by atoms with van der Waals surface area (Å²) < 4.78 is 55.6. The van der Waals surface area contributed by atoms with Gasteiger partial charge in [-0.1, -0.05) is 18.2 Å². The molecule has 3 aromatic rings. The van der Waals surface area contributed by atoms with Crippen LogP contribution >= 0.6 is 0 Å². The Morgan fingerprint density at radius 3 is 2.42 bits per heavy atom. The number of benzene rings is 1. The number of anilines is 2. The molecule has 1 fully saturated rings. The maximum atomic E-state index is 14.8. The van der Waals surface area contributed by atoms with Crippen molar-refractivity contribution in [3.63, 3.8) is 0 Å². The summed E-state index contributed by atoms with van der Waals surface area (Å²) in [5.41, 5.74) is -0.177. The monoisotopic (exact) mass is 461 g/mol. The Morgan fingerprint density at radius 1 is 1.06 bits per heavy atom. The molecule has 0 aliphatic carbocycles. The first-order valence-electron chi connectivity index (χ1n) is 10.5. The van der Waals surface area contributed by atoms with Crippen LogP contribution in [0, 0.1) is 11.6 Å². The zero-order valence-corrected chi connectivity index (χ0v) is 18.2. The van der Waals surface area contributed by atoms with Gasteiger partial charge in [-0.05, 0) is 13.0 Å². The van der Waals surface area contributed by atoms with Gasteiger partial charge in [0.05, 0.1) is 35.2 Å². The van der Waals surface area contributed by atoms with E-state index in [9.17, 15) is 22.4 Å². The average molecular weight is 461 g/mol. The van der Waals surface area contributed by atoms with E-state index in [-0.39, 0.29) is 17.2 Å². The Balaban J connectivity index is 1.65. The molecule has 2 aromatic heterocycles. The molecule has 1 saturated heterocycles. The van der Waals surface area contributed by atoms with Gasteiger partial charge in [-0.3, -0.25) is 9.78 Å². The fraction of sp³-hybridized carbons (Fsp3) is 0.348. The Kier molecular flexibility index (Phi) is 6.35. The van der Waals surface area contributed by atoms with Gasteiger partial charge in [0.2, 0.25) is 5.91 Å². The van der Waals surface area contributed by atoms with Gasteiger partial charge in [-0.2, -0.15) is 0 Å². The van der Waals surface area contributed by atoms with E-state index >= 15 is 0 Å². The van der Waals surface area contributed by atoms with Gasteiger partial charge in [-0.25, -0.2) is 22.5 Å². The molecule has 4 rings (SSSR count). The van der Waals surface area contributed by atoms with Crippen LogP contribution in [0.15, 0.2) is 36.7 Å². The number of carbonyl (C=O) groups excluding carboxylic acids is 1. The summed E-state index contributed by atoms with van der Waals surface area (Å²) in [6.45, 7) is 5.35. The molecule has 1 atom stereocenters. The molecule has 1 aromatic carbocycles. The van der Waals surface area contributed by atoms with E-state index in [1.54, 1.807) is 17.9 Å². The molecule has 0 saturated carbocycles. The first kappa shape index (κ1) is 22.8. The quantitative estimate of drug-likeness (QED) is 0.559. The second-order valence-corrected chi connectivity index (χ2v) is 7.95. The summed E-state index contributed by atoms with van der Waals surface area (Å²) >= 11 is 0. The Bertz CT molecular complexity index is 1180. The number of fused-ring (bicyclic) bond motifs is 1. The maximum absolute atomic E-state index is 14.8. The lowest BCUT2D eigenvalue weighted by Gasteiger charge is -2.35. The standard InChI is InChI=1S/C23H23F4N5O/c1-13(15-4-3-5-16(21(15)25)23(26)27)30-22-17-10-20(29-12-19(17)28-11-18(22)24)32-8-6-31(7-9-32)14(2)33/h3-5,10-13,23H,6-9H2,1-2H3,(H,28,30)/t13-/m1/s1. The maximum Gasteiger partial charge on any atom is 0.266 e. The lowest BCUT2D eigenvalue weighted by molar-refractivity contribution is -0.129. The number of amides is 1. The third-order valence-corrected chi connectivity index (χ3v) is 5.86. The summed E-state index contributed by atoms with van der Waals surface area (Å²) in [6, 6.07) is 4.67. The lowest BCUT2D eigenvalue weighted by atomic mass is 10.0. The summed E-state index contributed by atoms with van der Waals surface area (Å²) in [5, 5.41) is 3.37. The van der Waals surface area contributed by atoms with Crippen LogP contribution in [0.3, 0.4) is 0 Å². The van der Waals surface area contributed by atoms with E-state index in [2.05, 4.69) is 15.3 Å². The van der Waals surface area contributed by atoms with Gasteiger partial charge >= 0.3 is 0 Å². The summed E-state index contributed by atoms with van der Waals surface area (Å²) in [7, 11) is 0. The van der Waals surface area contributed by atoms with Gasteiger partial charge in [0.1, 0.15) is 11.6 Å². The third kappa shape index (κ3) is 4.55. The van der Waals surface area contributed by atoms with Crippen LogP contribution in [0.2, 0.25) is 0 Å². The molecule has 33 heavy (non-hydrogen) atoms. The number of halogens is 4. The highest BCUT2D eigenvalue weighted by molar-refractivity contribution is 5.92. The van der Waals surface area contributed by atoms with Crippen molar-refractivity contribution in [3.05, 3.63) is 59.4 Å². The molecule has 1 N–H and O–H groups in total. The number of carbonyl (C=O) groups is 1. The van der Waals surface area contributed by atoms with Crippen molar-refractivity contribution in [1.82, 2.24) is 14.9 Å². The van der Waals surface area contributed by atoms with Crippen LogP contribution in [0.4, 0.5) is 29.1 Å². The fourth-order valence-corrected chi connectivity index (χ4v) is 4.00. The van der Waals surface area contributed by atoms with E-state index in [4.69, 9.17) is 0 Å². The van der Waals surface area contributed by atoms with E-state index in [1.807, 2.05) is 4.90 Å². The average Bonchev–Trinajstić information content (AvgIpc) is 2.80. The van der Waals surface area contributed by atoms with Gasteiger partial charge < -0.3 is 15.1 Å². The number of rotatable bonds is 5. The van der Waals surface area contributed by atoms with Crippen LogP contribution in [-0.2, 0) is 4.79 Å². The van der Waals surface area contributed by atoms with Crippen molar-refractivity contribution in [2.45, 2.75) is 26.3 Å². The SMILES string of the molecule is CC(=O)N1CCN(c2cc3c(N[C@H](C)c4cccc(C(F)F)c4F)c(F)cnc3cn2)CC1. The van der Waals surface area contributed by atoms with Crippen LogP contribution in [0.5, 0.6) is 0 Å². The highest BCUT2D eigenvalue weighted by Gasteiger charge is 2.23. The highest BCUT2D eigenvalue weighted by atomic mass is 19.3. The number of aromatic nitrogens is 2. The van der Waals surface area contributed by atoms with E-state index in [0.717, 1.165) is 12.3 Å². The van der Waals surface area contributed by atoms with Crippen molar-refractivity contribution in [2.75, 3.05) is 36.4 Å². The molecule has 1 amide bonds. The zero-order chi connectivity index (χ0) is 23.7. The molecule has 0 bridgehead atoms. The van der Waals surface area contributed by atoms with E-state index in [0.29, 0.717) is 42.9 Å². The second kappa shape index (κ2) is 9.21. The minimum absolute atomic E-state index is 0.00629. The predicted molar refractivity (Wildman–Crippen MR) is 117 cm³/mol. The van der Waals surface area contributed by atoms with Crippen molar-refractivity contribution in [3.8, 4) is 0 Å². The van der Waals surface area contributed by atoms with Crippen molar-refractivity contribution < 1.29 is 22.4 Å². The minimum atomic E-state index is -2.95. The first-order valence-corrected chi connectivity index (χ1v) is 10.5. The molecular formula is C23H23F4N5O. The van der Waals surface area contributed by atoms with E-state index in [1.165, 1.54) is 25.3 Å². The number of pyridine rings is 2. The summed E-state index contributed by atoms with van der Waals surface area (Å²) in [5.74, 6) is -1.06. The topological polar surface area (TPSA) is 61.4 Å². The number of hydrogen-bond donors (Lipinski definition) is 1. The summed E-state index contributed by atoms with van der Waals surface area (Å²) in [4.78, 5) is 23.8. The van der Waals surface area contributed by atoms with Crippen molar-refractivity contribution in [1.29, 1.82) is 0 Å². The van der Waals surface area contributed by atoms with Crippen LogP contribution in [0.25, 0.3) is 10.9 Å². The Hall–Kier alpha value is -3.43. The molecule has 0 unspecified atom stereocenters. The molecule has 1 aliphatic heterocycles. The zero-order valence-electron chi connectivity index (χ0n) is 18.2. The molecule has 0 radical (unpaired) electrons. The number of hydrogen-bond acceptors (Lipinski definition) is 5. The second-order valence-electron chi connectivity index (χ2n) is 7.95.